The highest BCUT2D eigenvalue weighted by Crippen LogP contribution is 2.12. The standard InChI is InChI=1S/C12H18N2O/c1-4-7-14-12(5-6-13-14)8-11(9-15)10(2)3/h5-6,8-10H,4,7H2,1-3H3/b11-8-. The first-order chi connectivity index (χ1) is 7.19. The lowest BCUT2D eigenvalue weighted by atomic mass is 10.0. The summed E-state index contributed by atoms with van der Waals surface area (Å²) in [6.07, 6.45) is 5.65. The van der Waals surface area contributed by atoms with Crippen LogP contribution >= 0.6 is 0 Å². The van der Waals surface area contributed by atoms with Gasteiger partial charge in [0.05, 0.1) is 5.69 Å². The zero-order chi connectivity index (χ0) is 11.3. The Kier molecular flexibility index (Phi) is 4.28. The summed E-state index contributed by atoms with van der Waals surface area (Å²) in [5.74, 6) is 0.257. The van der Waals surface area contributed by atoms with E-state index in [1.807, 2.05) is 30.7 Å². The molecule has 0 aromatic carbocycles. The predicted molar refractivity (Wildman–Crippen MR) is 61.4 cm³/mol. The number of carbonyl (C=O) groups is 1. The Bertz CT molecular complexity index is 350. The van der Waals surface area contributed by atoms with Crippen molar-refractivity contribution >= 4 is 12.4 Å². The van der Waals surface area contributed by atoms with Gasteiger partial charge in [0.1, 0.15) is 6.29 Å². The van der Waals surface area contributed by atoms with Crippen LogP contribution in [0.1, 0.15) is 32.9 Å². The van der Waals surface area contributed by atoms with Gasteiger partial charge in [0.25, 0.3) is 0 Å². The van der Waals surface area contributed by atoms with E-state index in [1.54, 1.807) is 6.20 Å². The highest BCUT2D eigenvalue weighted by atomic mass is 16.1. The number of hydrogen-bond donors (Lipinski definition) is 0. The van der Waals surface area contributed by atoms with Crippen molar-refractivity contribution < 1.29 is 4.79 Å². The number of hydrogen-bond acceptors (Lipinski definition) is 2. The van der Waals surface area contributed by atoms with Crippen LogP contribution in [-0.2, 0) is 11.3 Å². The molecule has 1 aromatic heterocycles. The summed E-state index contributed by atoms with van der Waals surface area (Å²) in [6, 6.07) is 1.93. The predicted octanol–water partition coefficient (Wildman–Crippen LogP) is 2.53. The molecule has 0 amide bonds. The van der Waals surface area contributed by atoms with Gasteiger partial charge in [0.2, 0.25) is 0 Å². The van der Waals surface area contributed by atoms with Gasteiger partial charge in [-0.25, -0.2) is 0 Å². The van der Waals surface area contributed by atoms with Crippen molar-refractivity contribution in [2.45, 2.75) is 33.7 Å². The van der Waals surface area contributed by atoms with Gasteiger partial charge in [-0.1, -0.05) is 20.8 Å². The molecule has 0 bridgehead atoms. The first-order valence-electron chi connectivity index (χ1n) is 5.37. The van der Waals surface area contributed by atoms with E-state index < -0.39 is 0 Å². The van der Waals surface area contributed by atoms with Crippen LogP contribution in [0.25, 0.3) is 6.08 Å². The SMILES string of the molecule is CCCn1nccc1/C=C(/C=O)C(C)C. The average Bonchev–Trinajstić information content (AvgIpc) is 2.62. The van der Waals surface area contributed by atoms with Gasteiger partial charge < -0.3 is 0 Å². The van der Waals surface area contributed by atoms with E-state index in [1.165, 1.54) is 0 Å². The molecular formula is C12H18N2O. The molecule has 1 rings (SSSR count). The molecular weight excluding hydrogens is 188 g/mol. The molecule has 3 heteroatoms. The summed E-state index contributed by atoms with van der Waals surface area (Å²) in [5, 5.41) is 4.21. The van der Waals surface area contributed by atoms with Gasteiger partial charge in [-0.3, -0.25) is 9.48 Å². The molecule has 0 atom stereocenters. The van der Waals surface area contributed by atoms with Crippen molar-refractivity contribution in [3.05, 3.63) is 23.5 Å². The largest absolute Gasteiger partial charge is 0.298 e. The molecule has 0 unspecified atom stereocenters. The molecule has 0 aliphatic rings. The Morgan fingerprint density at radius 2 is 2.33 bits per heavy atom. The van der Waals surface area contributed by atoms with Crippen LogP contribution < -0.4 is 0 Å². The number of rotatable bonds is 5. The third-order valence-corrected chi connectivity index (χ3v) is 2.30. The zero-order valence-corrected chi connectivity index (χ0v) is 9.60. The fourth-order valence-corrected chi connectivity index (χ4v) is 1.37. The molecule has 0 saturated carbocycles. The van der Waals surface area contributed by atoms with Crippen LogP contribution in [0.15, 0.2) is 17.8 Å². The van der Waals surface area contributed by atoms with E-state index in [4.69, 9.17) is 0 Å². The zero-order valence-electron chi connectivity index (χ0n) is 9.60. The lowest BCUT2D eigenvalue weighted by molar-refractivity contribution is -0.105. The topological polar surface area (TPSA) is 34.9 Å². The molecule has 0 radical (unpaired) electrons. The minimum absolute atomic E-state index is 0.257. The molecule has 1 aromatic rings. The van der Waals surface area contributed by atoms with Gasteiger partial charge in [-0.15, -0.1) is 0 Å². The van der Waals surface area contributed by atoms with Gasteiger partial charge >= 0.3 is 0 Å². The van der Waals surface area contributed by atoms with Crippen LogP contribution in [0.4, 0.5) is 0 Å². The molecule has 0 aliphatic carbocycles. The van der Waals surface area contributed by atoms with Crippen molar-refractivity contribution in [2.24, 2.45) is 5.92 Å². The van der Waals surface area contributed by atoms with Crippen LogP contribution in [-0.4, -0.2) is 16.1 Å². The maximum atomic E-state index is 10.8. The first kappa shape index (κ1) is 11.7. The number of aromatic nitrogens is 2. The summed E-state index contributed by atoms with van der Waals surface area (Å²) in [4.78, 5) is 10.8. The number of aldehydes is 1. The van der Waals surface area contributed by atoms with Crippen molar-refractivity contribution in [3.8, 4) is 0 Å². The summed E-state index contributed by atoms with van der Waals surface area (Å²) in [7, 11) is 0. The highest BCUT2D eigenvalue weighted by Gasteiger charge is 2.04. The fourth-order valence-electron chi connectivity index (χ4n) is 1.37. The number of nitrogens with zero attached hydrogens (tertiary/aromatic N) is 2. The summed E-state index contributed by atoms with van der Waals surface area (Å²) in [6.45, 7) is 7.03. The van der Waals surface area contributed by atoms with E-state index in [2.05, 4.69) is 12.0 Å². The number of aryl methyl sites for hydroxylation is 1. The van der Waals surface area contributed by atoms with E-state index >= 15 is 0 Å². The molecule has 3 nitrogen and oxygen atoms in total. The molecule has 0 spiro atoms. The van der Waals surface area contributed by atoms with Gasteiger partial charge in [-0.05, 0) is 30.1 Å². The molecule has 15 heavy (non-hydrogen) atoms. The average molecular weight is 206 g/mol. The van der Waals surface area contributed by atoms with E-state index in [0.717, 1.165) is 30.5 Å². The first-order valence-corrected chi connectivity index (χ1v) is 5.37. The lowest BCUT2D eigenvalue weighted by Crippen LogP contribution is -2.03. The third-order valence-electron chi connectivity index (χ3n) is 2.30. The van der Waals surface area contributed by atoms with Gasteiger partial charge in [0.15, 0.2) is 0 Å². The Hall–Kier alpha value is -1.38. The second kappa shape index (κ2) is 5.49. The molecule has 82 valence electrons. The number of allylic oxidation sites excluding steroid dienone is 1. The Morgan fingerprint density at radius 1 is 1.60 bits per heavy atom. The van der Waals surface area contributed by atoms with E-state index in [-0.39, 0.29) is 5.92 Å². The van der Waals surface area contributed by atoms with Crippen LogP contribution in [0.3, 0.4) is 0 Å². The molecule has 0 aliphatic heterocycles. The van der Waals surface area contributed by atoms with Gasteiger partial charge in [-0.2, -0.15) is 5.10 Å². The van der Waals surface area contributed by atoms with Crippen LogP contribution in [0, 0.1) is 5.92 Å². The van der Waals surface area contributed by atoms with Crippen molar-refractivity contribution in [2.75, 3.05) is 0 Å². The maximum absolute atomic E-state index is 10.8. The highest BCUT2D eigenvalue weighted by molar-refractivity contribution is 5.81. The Labute approximate surface area is 90.8 Å². The second-order valence-electron chi connectivity index (χ2n) is 3.90. The van der Waals surface area contributed by atoms with Crippen LogP contribution in [0.2, 0.25) is 0 Å². The summed E-state index contributed by atoms with van der Waals surface area (Å²) < 4.78 is 1.92. The minimum Gasteiger partial charge on any atom is -0.298 e. The monoisotopic (exact) mass is 206 g/mol. The van der Waals surface area contributed by atoms with Gasteiger partial charge in [0, 0.05) is 12.7 Å². The Balaban J connectivity index is 2.95. The summed E-state index contributed by atoms with van der Waals surface area (Å²) in [5.41, 5.74) is 1.82. The second-order valence-corrected chi connectivity index (χ2v) is 3.90. The lowest BCUT2D eigenvalue weighted by Gasteiger charge is -2.05. The summed E-state index contributed by atoms with van der Waals surface area (Å²) >= 11 is 0. The fraction of sp³-hybridized carbons (Fsp3) is 0.500. The smallest absolute Gasteiger partial charge is 0.146 e. The van der Waals surface area contributed by atoms with Crippen molar-refractivity contribution in [1.82, 2.24) is 9.78 Å². The Morgan fingerprint density at radius 3 is 2.87 bits per heavy atom. The number of carbonyl (C=O) groups excluding carboxylic acids is 1. The minimum atomic E-state index is 0.257. The normalized spacial score (nSPS) is 12.1. The van der Waals surface area contributed by atoms with Crippen LogP contribution in [0.5, 0.6) is 0 Å². The quantitative estimate of drug-likeness (QED) is 0.548. The molecule has 0 fully saturated rings. The maximum Gasteiger partial charge on any atom is 0.146 e. The molecule has 0 N–H and O–H groups in total. The molecule has 1 heterocycles. The van der Waals surface area contributed by atoms with Crippen molar-refractivity contribution in [3.63, 3.8) is 0 Å². The van der Waals surface area contributed by atoms with Crippen molar-refractivity contribution in [1.29, 1.82) is 0 Å². The van der Waals surface area contributed by atoms with E-state index in [0.29, 0.717) is 0 Å². The third kappa shape index (κ3) is 3.05. The molecule has 0 saturated heterocycles. The van der Waals surface area contributed by atoms with E-state index in [9.17, 15) is 4.79 Å².